The second-order valence-corrected chi connectivity index (χ2v) is 7.96. The predicted molar refractivity (Wildman–Crippen MR) is 83.0 cm³/mol. The van der Waals surface area contributed by atoms with Crippen LogP contribution in [0.5, 0.6) is 0 Å². The Labute approximate surface area is 126 Å². The van der Waals surface area contributed by atoms with Crippen molar-refractivity contribution in [2.75, 3.05) is 12.3 Å². The SMILES string of the molecule is O=S(=O)(CCCNC1CCCCC1)c1ccc(Cl)cc1. The molecule has 1 saturated carbocycles. The van der Waals surface area contributed by atoms with E-state index in [1.165, 1.54) is 32.1 Å². The molecule has 1 aromatic rings. The fourth-order valence-electron chi connectivity index (χ4n) is 2.63. The molecule has 1 aromatic carbocycles. The van der Waals surface area contributed by atoms with E-state index in [9.17, 15) is 8.42 Å². The molecule has 0 saturated heterocycles. The van der Waals surface area contributed by atoms with E-state index in [-0.39, 0.29) is 5.75 Å². The van der Waals surface area contributed by atoms with Crippen molar-refractivity contribution in [1.29, 1.82) is 0 Å². The first-order valence-electron chi connectivity index (χ1n) is 7.30. The van der Waals surface area contributed by atoms with Crippen LogP contribution in [-0.4, -0.2) is 26.8 Å². The first-order valence-corrected chi connectivity index (χ1v) is 9.33. The highest BCUT2D eigenvalue weighted by molar-refractivity contribution is 7.91. The largest absolute Gasteiger partial charge is 0.314 e. The monoisotopic (exact) mass is 315 g/mol. The van der Waals surface area contributed by atoms with Gasteiger partial charge < -0.3 is 5.32 Å². The number of rotatable bonds is 6. The van der Waals surface area contributed by atoms with Crippen LogP contribution < -0.4 is 5.32 Å². The molecule has 0 amide bonds. The van der Waals surface area contributed by atoms with E-state index in [1.54, 1.807) is 24.3 Å². The number of nitrogens with one attached hydrogen (secondary N) is 1. The molecule has 1 fully saturated rings. The Morgan fingerprint density at radius 3 is 2.40 bits per heavy atom. The summed E-state index contributed by atoms with van der Waals surface area (Å²) >= 11 is 5.77. The van der Waals surface area contributed by atoms with Crippen LogP contribution in [0.3, 0.4) is 0 Å². The van der Waals surface area contributed by atoms with E-state index in [1.807, 2.05) is 0 Å². The van der Waals surface area contributed by atoms with Crippen molar-refractivity contribution in [2.45, 2.75) is 49.5 Å². The standard InChI is InChI=1S/C15H22ClNO2S/c16-13-7-9-15(10-8-13)20(18,19)12-4-11-17-14-5-2-1-3-6-14/h7-10,14,17H,1-6,11-12H2. The highest BCUT2D eigenvalue weighted by atomic mass is 35.5. The Morgan fingerprint density at radius 1 is 1.10 bits per heavy atom. The molecule has 0 radical (unpaired) electrons. The summed E-state index contributed by atoms with van der Waals surface area (Å²) < 4.78 is 24.2. The minimum atomic E-state index is -3.18. The zero-order chi connectivity index (χ0) is 14.4. The summed E-state index contributed by atoms with van der Waals surface area (Å²) in [6.07, 6.45) is 7.03. The number of hydrogen-bond acceptors (Lipinski definition) is 3. The molecular weight excluding hydrogens is 294 g/mol. The van der Waals surface area contributed by atoms with Crippen molar-refractivity contribution in [2.24, 2.45) is 0 Å². The van der Waals surface area contributed by atoms with Crippen molar-refractivity contribution < 1.29 is 8.42 Å². The van der Waals surface area contributed by atoms with Crippen molar-refractivity contribution in [3.05, 3.63) is 29.3 Å². The first kappa shape index (κ1) is 15.8. The normalized spacial score (nSPS) is 17.2. The van der Waals surface area contributed by atoms with E-state index in [0.717, 1.165) is 6.54 Å². The summed E-state index contributed by atoms with van der Waals surface area (Å²) in [5.41, 5.74) is 0. The maximum absolute atomic E-state index is 12.1. The van der Waals surface area contributed by atoms with Gasteiger partial charge in [-0.2, -0.15) is 0 Å². The molecule has 0 heterocycles. The minimum Gasteiger partial charge on any atom is -0.314 e. The highest BCUT2D eigenvalue weighted by Crippen LogP contribution is 2.18. The van der Waals surface area contributed by atoms with Crippen molar-refractivity contribution in [3.63, 3.8) is 0 Å². The van der Waals surface area contributed by atoms with E-state index in [2.05, 4.69) is 5.32 Å². The Bertz CT molecular complexity index is 507. The van der Waals surface area contributed by atoms with Crippen LogP contribution in [-0.2, 0) is 9.84 Å². The lowest BCUT2D eigenvalue weighted by atomic mass is 9.95. The first-order chi connectivity index (χ1) is 9.58. The summed E-state index contributed by atoms with van der Waals surface area (Å²) in [6, 6.07) is 6.98. The number of hydrogen-bond donors (Lipinski definition) is 1. The van der Waals surface area contributed by atoms with Gasteiger partial charge in [0.2, 0.25) is 0 Å². The number of benzene rings is 1. The molecule has 112 valence electrons. The topological polar surface area (TPSA) is 46.2 Å². The number of sulfone groups is 1. The maximum Gasteiger partial charge on any atom is 0.178 e. The van der Waals surface area contributed by atoms with Gasteiger partial charge in [0.25, 0.3) is 0 Å². The van der Waals surface area contributed by atoms with Gasteiger partial charge in [0, 0.05) is 11.1 Å². The Morgan fingerprint density at radius 2 is 1.75 bits per heavy atom. The van der Waals surface area contributed by atoms with Crippen LogP contribution in [0.15, 0.2) is 29.2 Å². The molecule has 2 rings (SSSR count). The van der Waals surface area contributed by atoms with Gasteiger partial charge in [0.05, 0.1) is 10.6 Å². The molecule has 20 heavy (non-hydrogen) atoms. The van der Waals surface area contributed by atoms with E-state index >= 15 is 0 Å². The van der Waals surface area contributed by atoms with Crippen LogP contribution in [0.4, 0.5) is 0 Å². The van der Waals surface area contributed by atoms with Gasteiger partial charge in [0.1, 0.15) is 0 Å². The van der Waals surface area contributed by atoms with Gasteiger partial charge in [-0.3, -0.25) is 0 Å². The Balaban J connectivity index is 1.76. The molecule has 1 aliphatic carbocycles. The summed E-state index contributed by atoms with van der Waals surface area (Å²) in [4.78, 5) is 0.361. The van der Waals surface area contributed by atoms with Crippen LogP contribution in [0.1, 0.15) is 38.5 Å². The van der Waals surface area contributed by atoms with Crippen LogP contribution >= 0.6 is 11.6 Å². The molecule has 0 aromatic heterocycles. The third kappa shape index (κ3) is 4.76. The van der Waals surface area contributed by atoms with E-state index in [0.29, 0.717) is 22.4 Å². The molecule has 0 bridgehead atoms. The van der Waals surface area contributed by atoms with Gasteiger partial charge in [-0.05, 0) is 50.1 Å². The maximum atomic E-state index is 12.1. The third-order valence-corrected chi connectivity index (χ3v) is 5.87. The second-order valence-electron chi connectivity index (χ2n) is 5.42. The lowest BCUT2D eigenvalue weighted by Crippen LogP contribution is -2.32. The zero-order valence-electron chi connectivity index (χ0n) is 11.6. The summed E-state index contributed by atoms with van der Waals surface area (Å²) in [6.45, 7) is 0.775. The quantitative estimate of drug-likeness (QED) is 0.818. The molecular formula is C15H22ClNO2S. The van der Waals surface area contributed by atoms with Crippen LogP contribution in [0.2, 0.25) is 5.02 Å². The van der Waals surface area contributed by atoms with Gasteiger partial charge in [-0.25, -0.2) is 8.42 Å². The van der Waals surface area contributed by atoms with Crippen molar-refractivity contribution >= 4 is 21.4 Å². The Kier molecular flexibility index (Phi) is 5.87. The fourth-order valence-corrected chi connectivity index (χ4v) is 4.07. The molecule has 1 N–H and O–H groups in total. The van der Waals surface area contributed by atoms with Crippen LogP contribution in [0, 0.1) is 0 Å². The summed E-state index contributed by atoms with van der Waals surface area (Å²) in [5, 5.41) is 4.03. The lowest BCUT2D eigenvalue weighted by molar-refractivity contribution is 0.374. The molecule has 0 unspecified atom stereocenters. The average Bonchev–Trinajstić information content (AvgIpc) is 2.45. The lowest BCUT2D eigenvalue weighted by Gasteiger charge is -2.22. The van der Waals surface area contributed by atoms with E-state index in [4.69, 9.17) is 11.6 Å². The minimum absolute atomic E-state index is 0.189. The van der Waals surface area contributed by atoms with Gasteiger partial charge in [-0.15, -0.1) is 0 Å². The molecule has 3 nitrogen and oxygen atoms in total. The highest BCUT2D eigenvalue weighted by Gasteiger charge is 2.15. The van der Waals surface area contributed by atoms with Crippen molar-refractivity contribution in [1.82, 2.24) is 5.32 Å². The van der Waals surface area contributed by atoms with Crippen LogP contribution in [0.25, 0.3) is 0 Å². The van der Waals surface area contributed by atoms with Gasteiger partial charge in [0.15, 0.2) is 9.84 Å². The molecule has 0 atom stereocenters. The molecule has 1 aliphatic rings. The zero-order valence-corrected chi connectivity index (χ0v) is 13.2. The summed E-state index contributed by atoms with van der Waals surface area (Å²) in [5.74, 6) is 0.189. The molecule has 0 aliphatic heterocycles. The summed E-state index contributed by atoms with van der Waals surface area (Å²) in [7, 11) is -3.18. The smallest absolute Gasteiger partial charge is 0.178 e. The second kappa shape index (κ2) is 7.43. The van der Waals surface area contributed by atoms with E-state index < -0.39 is 9.84 Å². The molecule has 5 heteroatoms. The molecule has 0 spiro atoms. The third-order valence-electron chi connectivity index (χ3n) is 3.80. The fraction of sp³-hybridized carbons (Fsp3) is 0.600. The average molecular weight is 316 g/mol. The van der Waals surface area contributed by atoms with Gasteiger partial charge in [-0.1, -0.05) is 30.9 Å². The number of halogens is 1. The Hall–Kier alpha value is -0.580. The van der Waals surface area contributed by atoms with Gasteiger partial charge >= 0.3 is 0 Å². The van der Waals surface area contributed by atoms with Crippen molar-refractivity contribution in [3.8, 4) is 0 Å². The predicted octanol–water partition coefficient (Wildman–Crippen LogP) is 3.43.